The SMILES string of the molecule is CCOc1c(F)ccc(-c2cc(NC(C)=O)c(Cl)c(C(=O)O)n2)c1F. The molecule has 2 N–H and O–H groups in total. The molecule has 0 aliphatic rings. The number of halogens is 3. The van der Waals surface area contributed by atoms with Gasteiger partial charge in [0.25, 0.3) is 0 Å². The maximum absolute atomic E-state index is 14.6. The van der Waals surface area contributed by atoms with Crippen LogP contribution in [0.25, 0.3) is 11.3 Å². The molecule has 132 valence electrons. The first kappa shape index (κ1) is 18.6. The van der Waals surface area contributed by atoms with Crippen LogP contribution in [0.3, 0.4) is 0 Å². The molecule has 1 aromatic heterocycles. The van der Waals surface area contributed by atoms with E-state index in [1.54, 1.807) is 6.92 Å². The van der Waals surface area contributed by atoms with Crippen molar-refractivity contribution in [2.75, 3.05) is 11.9 Å². The highest BCUT2D eigenvalue weighted by molar-refractivity contribution is 6.36. The van der Waals surface area contributed by atoms with Crippen molar-refractivity contribution in [2.24, 2.45) is 0 Å². The van der Waals surface area contributed by atoms with Crippen LogP contribution < -0.4 is 10.1 Å². The minimum atomic E-state index is -1.47. The molecule has 9 heteroatoms. The molecule has 0 aliphatic heterocycles. The molecule has 6 nitrogen and oxygen atoms in total. The minimum Gasteiger partial charge on any atom is -0.488 e. The van der Waals surface area contributed by atoms with E-state index >= 15 is 0 Å². The van der Waals surface area contributed by atoms with Gasteiger partial charge in [-0.15, -0.1) is 0 Å². The number of pyridine rings is 1. The zero-order valence-corrected chi connectivity index (χ0v) is 13.9. The van der Waals surface area contributed by atoms with E-state index < -0.39 is 35.0 Å². The Balaban J connectivity index is 2.70. The first-order chi connectivity index (χ1) is 11.8. The number of hydrogen-bond acceptors (Lipinski definition) is 4. The van der Waals surface area contributed by atoms with Gasteiger partial charge < -0.3 is 15.2 Å². The first-order valence-corrected chi connectivity index (χ1v) is 7.46. The van der Waals surface area contributed by atoms with E-state index in [-0.39, 0.29) is 28.6 Å². The lowest BCUT2D eigenvalue weighted by Crippen LogP contribution is -2.11. The molecule has 1 amide bonds. The maximum Gasteiger partial charge on any atom is 0.356 e. The van der Waals surface area contributed by atoms with Crippen LogP contribution >= 0.6 is 11.6 Å². The summed E-state index contributed by atoms with van der Waals surface area (Å²) in [6, 6.07) is 3.26. The number of benzene rings is 1. The number of anilines is 1. The lowest BCUT2D eigenvalue weighted by molar-refractivity contribution is -0.114. The first-order valence-electron chi connectivity index (χ1n) is 7.08. The van der Waals surface area contributed by atoms with E-state index in [1.807, 2.05) is 0 Å². The van der Waals surface area contributed by atoms with Crippen molar-refractivity contribution in [1.82, 2.24) is 4.98 Å². The summed E-state index contributed by atoms with van der Waals surface area (Å²) in [6.07, 6.45) is 0. The van der Waals surface area contributed by atoms with Gasteiger partial charge in [-0.1, -0.05) is 11.6 Å². The van der Waals surface area contributed by atoms with Crippen LogP contribution in [0.1, 0.15) is 24.3 Å². The summed E-state index contributed by atoms with van der Waals surface area (Å²) in [4.78, 5) is 26.4. The number of aromatic carboxylic acids is 1. The van der Waals surface area contributed by atoms with Crippen LogP contribution in [0.15, 0.2) is 18.2 Å². The smallest absolute Gasteiger partial charge is 0.356 e. The molecule has 0 atom stereocenters. The number of hydrogen-bond donors (Lipinski definition) is 2. The van der Waals surface area contributed by atoms with Gasteiger partial charge in [0.15, 0.2) is 23.1 Å². The van der Waals surface area contributed by atoms with Crippen molar-refractivity contribution in [1.29, 1.82) is 0 Å². The summed E-state index contributed by atoms with van der Waals surface area (Å²) >= 11 is 5.92. The summed E-state index contributed by atoms with van der Waals surface area (Å²) in [5.74, 6) is -4.52. The van der Waals surface area contributed by atoms with Crippen molar-refractivity contribution in [3.05, 3.63) is 40.6 Å². The molecular formula is C16H13ClF2N2O4. The highest BCUT2D eigenvalue weighted by atomic mass is 35.5. The zero-order valence-electron chi connectivity index (χ0n) is 13.2. The number of carboxylic acids is 1. The van der Waals surface area contributed by atoms with Crippen LogP contribution in [-0.2, 0) is 4.79 Å². The molecule has 0 saturated carbocycles. The molecule has 0 spiro atoms. The standard InChI is InChI=1S/C16H13ClF2N2O4/c1-3-25-15-9(18)5-4-8(13(15)19)10-6-11(20-7(2)22)12(17)14(21-10)16(23)24/h4-6H,3H2,1-2H3,(H,23,24)(H,20,21,22). The van der Waals surface area contributed by atoms with Gasteiger partial charge in [-0.3, -0.25) is 4.79 Å². The second kappa shape index (κ2) is 7.43. The molecule has 0 bridgehead atoms. The van der Waals surface area contributed by atoms with Gasteiger partial charge in [0.2, 0.25) is 5.91 Å². The second-order valence-electron chi connectivity index (χ2n) is 4.88. The van der Waals surface area contributed by atoms with Gasteiger partial charge in [0.1, 0.15) is 0 Å². The number of nitrogens with zero attached hydrogens (tertiary/aromatic N) is 1. The predicted octanol–water partition coefficient (Wildman–Crippen LogP) is 3.74. The van der Waals surface area contributed by atoms with Gasteiger partial charge in [-0.05, 0) is 25.1 Å². The number of nitrogens with one attached hydrogen (secondary N) is 1. The van der Waals surface area contributed by atoms with Gasteiger partial charge >= 0.3 is 5.97 Å². The highest BCUT2D eigenvalue weighted by Gasteiger charge is 2.22. The number of aromatic nitrogens is 1. The molecule has 25 heavy (non-hydrogen) atoms. The Hall–Kier alpha value is -2.74. The summed E-state index contributed by atoms with van der Waals surface area (Å²) in [6.45, 7) is 2.79. The molecule has 0 fully saturated rings. The molecule has 1 heterocycles. The molecule has 0 saturated heterocycles. The topological polar surface area (TPSA) is 88.5 Å². The molecular weight excluding hydrogens is 358 g/mol. The van der Waals surface area contributed by atoms with Crippen molar-refractivity contribution >= 4 is 29.2 Å². The Morgan fingerprint density at radius 2 is 2.04 bits per heavy atom. The third kappa shape index (κ3) is 3.85. The number of rotatable bonds is 5. The van der Waals surface area contributed by atoms with Crippen LogP contribution in [0, 0.1) is 11.6 Å². The van der Waals surface area contributed by atoms with E-state index in [9.17, 15) is 23.5 Å². The van der Waals surface area contributed by atoms with Crippen LogP contribution in [-0.4, -0.2) is 28.6 Å². The average Bonchev–Trinajstić information content (AvgIpc) is 2.53. The predicted molar refractivity (Wildman–Crippen MR) is 87.0 cm³/mol. The van der Waals surface area contributed by atoms with E-state index in [4.69, 9.17) is 16.3 Å². The van der Waals surface area contributed by atoms with E-state index in [2.05, 4.69) is 10.3 Å². The fraction of sp³-hybridized carbons (Fsp3) is 0.188. The maximum atomic E-state index is 14.6. The third-order valence-electron chi connectivity index (χ3n) is 3.08. The quantitative estimate of drug-likeness (QED) is 0.837. The Bertz CT molecular complexity index is 859. The van der Waals surface area contributed by atoms with Crippen LogP contribution in [0.2, 0.25) is 5.02 Å². The molecule has 0 unspecified atom stereocenters. The number of ether oxygens (including phenoxy) is 1. The summed E-state index contributed by atoms with van der Waals surface area (Å²) in [5, 5.41) is 11.3. The van der Waals surface area contributed by atoms with E-state index in [0.717, 1.165) is 12.1 Å². The molecule has 2 rings (SSSR count). The number of carbonyl (C=O) groups is 2. The Morgan fingerprint density at radius 1 is 1.36 bits per heavy atom. The largest absolute Gasteiger partial charge is 0.488 e. The van der Waals surface area contributed by atoms with Crippen molar-refractivity contribution in [3.63, 3.8) is 0 Å². The van der Waals surface area contributed by atoms with Crippen molar-refractivity contribution < 1.29 is 28.2 Å². The fourth-order valence-electron chi connectivity index (χ4n) is 2.10. The second-order valence-corrected chi connectivity index (χ2v) is 5.25. The Kier molecular flexibility index (Phi) is 5.53. The van der Waals surface area contributed by atoms with E-state index in [0.29, 0.717) is 0 Å². The molecule has 1 aromatic carbocycles. The fourth-order valence-corrected chi connectivity index (χ4v) is 2.32. The Morgan fingerprint density at radius 3 is 2.60 bits per heavy atom. The number of carboxylic acid groups (broad SMARTS) is 1. The third-order valence-corrected chi connectivity index (χ3v) is 3.47. The van der Waals surface area contributed by atoms with Crippen LogP contribution in [0.4, 0.5) is 14.5 Å². The normalized spacial score (nSPS) is 10.4. The molecule has 2 aromatic rings. The monoisotopic (exact) mass is 370 g/mol. The van der Waals surface area contributed by atoms with Crippen molar-refractivity contribution in [3.8, 4) is 17.0 Å². The summed E-state index contributed by atoms with van der Waals surface area (Å²) < 4.78 is 33.2. The highest BCUT2D eigenvalue weighted by Crippen LogP contribution is 2.35. The Labute approximate surface area is 146 Å². The van der Waals surface area contributed by atoms with Gasteiger partial charge in [0.05, 0.1) is 23.0 Å². The molecule has 0 radical (unpaired) electrons. The summed E-state index contributed by atoms with van der Waals surface area (Å²) in [5.41, 5.74) is -0.984. The lowest BCUT2D eigenvalue weighted by Gasteiger charge is -2.13. The zero-order chi connectivity index (χ0) is 18.7. The van der Waals surface area contributed by atoms with Gasteiger partial charge in [0, 0.05) is 12.5 Å². The number of amides is 1. The lowest BCUT2D eigenvalue weighted by atomic mass is 10.1. The molecule has 0 aliphatic carbocycles. The number of carbonyl (C=O) groups excluding carboxylic acids is 1. The van der Waals surface area contributed by atoms with Crippen LogP contribution in [0.5, 0.6) is 5.75 Å². The van der Waals surface area contributed by atoms with Gasteiger partial charge in [-0.25, -0.2) is 18.6 Å². The average molecular weight is 371 g/mol. The van der Waals surface area contributed by atoms with Gasteiger partial charge in [-0.2, -0.15) is 0 Å². The minimum absolute atomic E-state index is 0.0306. The van der Waals surface area contributed by atoms with E-state index in [1.165, 1.54) is 13.0 Å². The van der Waals surface area contributed by atoms with Crippen molar-refractivity contribution in [2.45, 2.75) is 13.8 Å². The summed E-state index contributed by atoms with van der Waals surface area (Å²) in [7, 11) is 0.